The lowest BCUT2D eigenvalue weighted by molar-refractivity contribution is 0.184. The lowest BCUT2D eigenvalue weighted by Gasteiger charge is -2.36. The van der Waals surface area contributed by atoms with Crippen LogP contribution in [0.1, 0.15) is 49.6 Å². The first-order valence-corrected chi connectivity index (χ1v) is 11.5. The summed E-state index contributed by atoms with van der Waals surface area (Å²) in [4.78, 5) is 13.7. The molecule has 0 bridgehead atoms. The van der Waals surface area contributed by atoms with Crippen LogP contribution in [0.5, 0.6) is 0 Å². The van der Waals surface area contributed by atoms with Gasteiger partial charge < -0.3 is 4.90 Å². The molecule has 1 N–H and O–H groups in total. The standard InChI is InChI=1S/C24H31N5S/c1-6-24(2,3)17-9-12-20-19(13-17)21-22(25-15-26-23(21)30-20)28-27-14-16-7-10-18(11-8-16)29(4)5/h7-8,10-11,14-15,17H,6,9,12-13H2,1-5H3,(H,25,26,28). The van der Waals surface area contributed by atoms with Gasteiger partial charge in [-0.15, -0.1) is 11.3 Å². The molecule has 158 valence electrons. The summed E-state index contributed by atoms with van der Waals surface area (Å²) in [5.74, 6) is 1.51. The topological polar surface area (TPSA) is 53.4 Å². The molecule has 1 aliphatic rings. The smallest absolute Gasteiger partial charge is 0.158 e. The number of aromatic nitrogens is 2. The van der Waals surface area contributed by atoms with E-state index in [4.69, 9.17) is 0 Å². The van der Waals surface area contributed by atoms with Gasteiger partial charge in [0.15, 0.2) is 5.82 Å². The van der Waals surface area contributed by atoms with Crippen molar-refractivity contribution in [2.24, 2.45) is 16.4 Å². The maximum atomic E-state index is 4.56. The summed E-state index contributed by atoms with van der Waals surface area (Å²) >= 11 is 1.82. The minimum absolute atomic E-state index is 0.353. The zero-order valence-corrected chi connectivity index (χ0v) is 19.4. The molecule has 4 rings (SSSR count). The number of fused-ring (bicyclic) bond motifs is 3. The predicted molar refractivity (Wildman–Crippen MR) is 129 cm³/mol. The van der Waals surface area contributed by atoms with Crippen LogP contribution >= 0.6 is 11.3 Å². The number of hydrazone groups is 1. The molecule has 6 heteroatoms. The predicted octanol–water partition coefficient (Wildman–Crippen LogP) is 5.74. The highest BCUT2D eigenvalue weighted by molar-refractivity contribution is 7.19. The molecular formula is C24H31N5S. The van der Waals surface area contributed by atoms with Crippen molar-refractivity contribution in [3.63, 3.8) is 0 Å². The molecule has 5 nitrogen and oxygen atoms in total. The van der Waals surface area contributed by atoms with Crippen molar-refractivity contribution in [2.45, 2.75) is 46.5 Å². The molecule has 0 aliphatic heterocycles. The van der Waals surface area contributed by atoms with Gasteiger partial charge in [-0.2, -0.15) is 5.10 Å². The van der Waals surface area contributed by atoms with Crippen LogP contribution < -0.4 is 10.3 Å². The van der Waals surface area contributed by atoms with Crippen LogP contribution in [0.25, 0.3) is 10.2 Å². The van der Waals surface area contributed by atoms with E-state index >= 15 is 0 Å². The lowest BCUT2D eigenvalue weighted by Crippen LogP contribution is -2.28. The average Bonchev–Trinajstić information content (AvgIpc) is 3.12. The van der Waals surface area contributed by atoms with Gasteiger partial charge in [-0.3, -0.25) is 5.43 Å². The molecule has 0 radical (unpaired) electrons. The molecule has 0 spiro atoms. The first-order valence-electron chi connectivity index (χ1n) is 10.7. The number of benzene rings is 1. The van der Waals surface area contributed by atoms with E-state index in [2.05, 4.69) is 70.4 Å². The van der Waals surface area contributed by atoms with E-state index in [1.807, 2.05) is 31.6 Å². The van der Waals surface area contributed by atoms with Crippen molar-refractivity contribution < 1.29 is 0 Å². The number of nitrogens with zero attached hydrogens (tertiary/aromatic N) is 4. The molecule has 1 unspecified atom stereocenters. The third-order valence-electron chi connectivity index (χ3n) is 6.65. The Morgan fingerprint density at radius 2 is 2.00 bits per heavy atom. The number of anilines is 2. The summed E-state index contributed by atoms with van der Waals surface area (Å²) in [5, 5.41) is 5.64. The van der Waals surface area contributed by atoms with Crippen LogP contribution in [0.4, 0.5) is 11.5 Å². The fourth-order valence-electron chi connectivity index (χ4n) is 4.18. The molecule has 0 amide bonds. The third kappa shape index (κ3) is 4.06. The van der Waals surface area contributed by atoms with Gasteiger partial charge in [-0.25, -0.2) is 9.97 Å². The zero-order valence-electron chi connectivity index (χ0n) is 18.6. The Hall–Kier alpha value is -2.47. The average molecular weight is 422 g/mol. The highest BCUT2D eigenvalue weighted by atomic mass is 32.1. The second-order valence-electron chi connectivity index (χ2n) is 9.04. The van der Waals surface area contributed by atoms with Gasteiger partial charge in [-0.05, 0) is 53.9 Å². The van der Waals surface area contributed by atoms with Crippen LogP contribution in [0, 0.1) is 11.3 Å². The van der Waals surface area contributed by atoms with Gasteiger partial charge in [0.1, 0.15) is 11.2 Å². The molecule has 2 aromatic heterocycles. The Balaban J connectivity index is 1.59. The minimum atomic E-state index is 0.353. The number of aryl methyl sites for hydroxylation is 1. The maximum absolute atomic E-state index is 4.56. The van der Waals surface area contributed by atoms with Gasteiger partial charge in [0.2, 0.25) is 0 Å². The summed E-state index contributed by atoms with van der Waals surface area (Å²) in [6.45, 7) is 7.11. The Morgan fingerprint density at radius 1 is 1.23 bits per heavy atom. The number of thiophene rings is 1. The SMILES string of the molecule is CCC(C)(C)C1CCc2sc3ncnc(NN=Cc4ccc(N(C)C)cc4)c3c2C1. The largest absolute Gasteiger partial charge is 0.378 e. The number of rotatable bonds is 6. The van der Waals surface area contributed by atoms with E-state index in [1.54, 1.807) is 6.33 Å². The Bertz CT molecular complexity index is 1050. The fourth-order valence-corrected chi connectivity index (χ4v) is 5.36. The van der Waals surface area contributed by atoms with Crippen molar-refractivity contribution in [1.82, 2.24) is 9.97 Å². The summed E-state index contributed by atoms with van der Waals surface area (Å²) in [6.07, 6.45) is 8.20. The summed E-state index contributed by atoms with van der Waals surface area (Å²) < 4.78 is 0. The van der Waals surface area contributed by atoms with Crippen molar-refractivity contribution in [3.8, 4) is 0 Å². The minimum Gasteiger partial charge on any atom is -0.378 e. The van der Waals surface area contributed by atoms with E-state index < -0.39 is 0 Å². The van der Waals surface area contributed by atoms with Crippen molar-refractivity contribution in [3.05, 3.63) is 46.6 Å². The molecule has 0 saturated carbocycles. The van der Waals surface area contributed by atoms with Gasteiger partial charge in [0.25, 0.3) is 0 Å². The molecule has 3 aromatic rings. The normalized spacial score (nSPS) is 16.8. The lowest BCUT2D eigenvalue weighted by atomic mass is 9.69. The van der Waals surface area contributed by atoms with Crippen LogP contribution in [-0.4, -0.2) is 30.3 Å². The van der Waals surface area contributed by atoms with Crippen LogP contribution in [0.3, 0.4) is 0 Å². The molecular weight excluding hydrogens is 390 g/mol. The number of hydrogen-bond donors (Lipinski definition) is 1. The van der Waals surface area contributed by atoms with Crippen molar-refractivity contribution >= 4 is 39.3 Å². The molecule has 1 aliphatic carbocycles. The van der Waals surface area contributed by atoms with Crippen LogP contribution in [0.15, 0.2) is 35.7 Å². The second-order valence-corrected chi connectivity index (χ2v) is 10.1. The maximum Gasteiger partial charge on any atom is 0.158 e. The fraction of sp³-hybridized carbons (Fsp3) is 0.458. The zero-order chi connectivity index (χ0) is 21.3. The van der Waals surface area contributed by atoms with E-state index in [0.29, 0.717) is 11.3 Å². The Labute approximate surface area is 183 Å². The first-order chi connectivity index (χ1) is 14.4. The molecule has 2 heterocycles. The third-order valence-corrected chi connectivity index (χ3v) is 7.85. The number of hydrogen-bond acceptors (Lipinski definition) is 6. The van der Waals surface area contributed by atoms with Gasteiger partial charge in [0, 0.05) is 24.7 Å². The van der Waals surface area contributed by atoms with Crippen LogP contribution in [-0.2, 0) is 12.8 Å². The summed E-state index contributed by atoms with van der Waals surface area (Å²) in [7, 11) is 4.08. The van der Waals surface area contributed by atoms with Crippen LogP contribution in [0.2, 0.25) is 0 Å². The molecule has 0 saturated heterocycles. The van der Waals surface area contributed by atoms with Gasteiger partial charge in [0.05, 0.1) is 11.6 Å². The highest BCUT2D eigenvalue weighted by Crippen LogP contribution is 2.45. The van der Waals surface area contributed by atoms with Crippen molar-refractivity contribution in [1.29, 1.82) is 0 Å². The van der Waals surface area contributed by atoms with Crippen molar-refractivity contribution in [2.75, 3.05) is 24.4 Å². The highest BCUT2D eigenvalue weighted by Gasteiger charge is 2.33. The monoisotopic (exact) mass is 421 g/mol. The first kappa shape index (κ1) is 20.8. The van der Waals surface area contributed by atoms with Gasteiger partial charge >= 0.3 is 0 Å². The quantitative estimate of drug-likeness (QED) is 0.407. The molecule has 30 heavy (non-hydrogen) atoms. The summed E-state index contributed by atoms with van der Waals surface area (Å²) in [5.41, 5.74) is 7.20. The molecule has 1 aromatic carbocycles. The summed E-state index contributed by atoms with van der Waals surface area (Å²) in [6, 6.07) is 8.32. The Morgan fingerprint density at radius 3 is 2.70 bits per heavy atom. The molecule has 1 atom stereocenters. The van der Waals surface area contributed by atoms with E-state index in [1.165, 1.54) is 29.0 Å². The number of nitrogens with one attached hydrogen (secondary N) is 1. The second kappa shape index (κ2) is 8.34. The Kier molecular flexibility index (Phi) is 5.78. The van der Waals surface area contributed by atoms with Gasteiger partial charge in [-0.1, -0.05) is 39.3 Å². The van der Waals surface area contributed by atoms with E-state index in [-0.39, 0.29) is 0 Å². The van der Waals surface area contributed by atoms with E-state index in [0.717, 1.165) is 34.4 Å². The molecule has 0 fully saturated rings. The van der Waals surface area contributed by atoms with E-state index in [9.17, 15) is 0 Å².